The molecule has 4 atom stereocenters. The van der Waals surface area contributed by atoms with Crippen molar-refractivity contribution >= 4 is 25.5 Å². The van der Waals surface area contributed by atoms with Crippen molar-refractivity contribution in [1.29, 1.82) is 0 Å². The molecule has 0 heterocycles. The molecule has 5 heteroatoms. The van der Waals surface area contributed by atoms with Gasteiger partial charge in [-0.3, -0.25) is 4.79 Å². The average molecular weight is 375 g/mol. The van der Waals surface area contributed by atoms with Gasteiger partial charge in [0.15, 0.2) is 0 Å². The molecule has 0 bridgehead atoms. The molecule has 2 N–H and O–H groups in total. The van der Waals surface area contributed by atoms with E-state index in [1.807, 2.05) is 19.1 Å². The summed E-state index contributed by atoms with van der Waals surface area (Å²) in [7, 11) is 5.76. The molecular weight excluding hydrogens is 341 g/mol. The van der Waals surface area contributed by atoms with Crippen molar-refractivity contribution in [3.63, 3.8) is 0 Å². The highest BCUT2D eigenvalue weighted by atomic mass is 32.2. The lowest BCUT2D eigenvalue weighted by Crippen LogP contribution is -2.41. The molecule has 0 aliphatic heterocycles. The van der Waals surface area contributed by atoms with Gasteiger partial charge in [0.1, 0.15) is 7.85 Å². The molecule has 1 aromatic carbocycles. The zero-order chi connectivity index (χ0) is 19.9. The number of nitrogens with one attached hydrogen (secondary N) is 1. The molecule has 1 aromatic rings. The number of thioether (sulfide) groups is 1. The lowest BCUT2D eigenvalue weighted by atomic mass is 9.87. The Bertz CT molecular complexity index is 586. The van der Waals surface area contributed by atoms with Crippen molar-refractivity contribution in [2.75, 3.05) is 0 Å². The number of amides is 1. The highest BCUT2D eigenvalue weighted by molar-refractivity contribution is 8.01. The van der Waals surface area contributed by atoms with Gasteiger partial charge in [-0.15, -0.1) is 11.8 Å². The smallest absolute Gasteiger partial charge is 0.223 e. The van der Waals surface area contributed by atoms with Gasteiger partial charge in [-0.1, -0.05) is 52.7 Å². The lowest BCUT2D eigenvalue weighted by Gasteiger charge is -2.29. The number of hydrogen-bond donors (Lipinski definition) is 2. The Balaban J connectivity index is 3.03. The van der Waals surface area contributed by atoms with Gasteiger partial charge in [-0.2, -0.15) is 0 Å². The minimum Gasteiger partial charge on any atom is -0.389 e. The Morgan fingerprint density at radius 3 is 2.42 bits per heavy atom. The van der Waals surface area contributed by atoms with Crippen LogP contribution < -0.4 is 5.32 Å². The van der Waals surface area contributed by atoms with Gasteiger partial charge >= 0.3 is 0 Å². The van der Waals surface area contributed by atoms with E-state index in [-0.39, 0.29) is 23.8 Å². The summed E-state index contributed by atoms with van der Waals surface area (Å²) in [5.74, 6) is 0.378. The summed E-state index contributed by atoms with van der Waals surface area (Å²) in [5.41, 5.74) is 2.31. The Morgan fingerprint density at radius 1 is 1.27 bits per heavy atom. The number of carbonyl (C=O) groups excluding carboxylic acids is 1. The van der Waals surface area contributed by atoms with E-state index >= 15 is 0 Å². The maximum atomic E-state index is 12.5. The molecule has 144 valence electrons. The molecule has 1 unspecified atom stereocenters. The third kappa shape index (κ3) is 7.00. The topological polar surface area (TPSA) is 49.3 Å². The van der Waals surface area contributed by atoms with E-state index in [9.17, 15) is 9.90 Å². The van der Waals surface area contributed by atoms with Crippen LogP contribution in [0.15, 0.2) is 23.1 Å². The van der Waals surface area contributed by atoms with Crippen LogP contribution in [0.25, 0.3) is 0 Å². The van der Waals surface area contributed by atoms with Crippen LogP contribution in [0.2, 0.25) is 0 Å². The maximum Gasteiger partial charge on any atom is 0.223 e. The Morgan fingerprint density at radius 2 is 1.88 bits per heavy atom. The zero-order valence-corrected chi connectivity index (χ0v) is 18.0. The van der Waals surface area contributed by atoms with E-state index in [2.05, 4.69) is 39.1 Å². The van der Waals surface area contributed by atoms with Gasteiger partial charge in [0.25, 0.3) is 0 Å². The van der Waals surface area contributed by atoms with Gasteiger partial charge in [-0.25, -0.2) is 0 Å². The Kier molecular flexibility index (Phi) is 9.25. The van der Waals surface area contributed by atoms with Crippen LogP contribution in [0.4, 0.5) is 0 Å². The molecule has 0 aliphatic carbocycles. The van der Waals surface area contributed by atoms with Crippen molar-refractivity contribution < 1.29 is 9.90 Å². The van der Waals surface area contributed by atoms with Crippen LogP contribution >= 0.6 is 11.8 Å². The monoisotopic (exact) mass is 375 g/mol. The second kappa shape index (κ2) is 10.4. The first kappa shape index (κ1) is 23.1. The van der Waals surface area contributed by atoms with E-state index in [1.54, 1.807) is 6.92 Å². The van der Waals surface area contributed by atoms with Crippen LogP contribution in [-0.2, 0) is 4.79 Å². The first-order chi connectivity index (χ1) is 12.1. The first-order valence-corrected chi connectivity index (χ1v) is 10.5. The van der Waals surface area contributed by atoms with Gasteiger partial charge in [0.2, 0.25) is 5.91 Å². The van der Waals surface area contributed by atoms with Crippen LogP contribution in [0.1, 0.15) is 77.3 Å². The molecule has 0 aliphatic rings. The standard InChI is InChI=1S/C21H34BNO2S/c1-7-10-14(3)20(24)23-18(11-8-2)15(4)17-12-9-13-19(16(17)5)26-21(6,22)25/h9,12-15,18,25H,7-8,10-11H2,1-6H3,(H,23,24)/t14-,15+,18+,21?/m0/s1. The fraction of sp³-hybridized carbons (Fsp3) is 0.667. The summed E-state index contributed by atoms with van der Waals surface area (Å²) in [6.07, 6.45) is 3.88. The predicted molar refractivity (Wildman–Crippen MR) is 113 cm³/mol. The van der Waals surface area contributed by atoms with E-state index in [0.717, 1.165) is 36.1 Å². The summed E-state index contributed by atoms with van der Waals surface area (Å²) < 4.78 is 0. The van der Waals surface area contributed by atoms with Crippen molar-refractivity contribution in [3.05, 3.63) is 29.3 Å². The molecular formula is C21H34BNO2S. The van der Waals surface area contributed by atoms with Crippen molar-refractivity contribution in [2.24, 2.45) is 5.92 Å². The van der Waals surface area contributed by atoms with E-state index in [4.69, 9.17) is 7.85 Å². The molecule has 1 amide bonds. The molecule has 2 radical (unpaired) electrons. The number of benzene rings is 1. The number of aliphatic hydroxyl groups is 1. The van der Waals surface area contributed by atoms with Crippen molar-refractivity contribution in [3.8, 4) is 0 Å². The van der Waals surface area contributed by atoms with E-state index < -0.39 is 4.83 Å². The maximum absolute atomic E-state index is 12.5. The van der Waals surface area contributed by atoms with Gasteiger partial charge in [0, 0.05) is 22.8 Å². The normalized spacial score (nSPS) is 17.2. The third-order valence-electron chi connectivity index (χ3n) is 4.83. The number of carbonyl (C=O) groups is 1. The second-order valence-electron chi connectivity index (χ2n) is 7.51. The highest BCUT2D eigenvalue weighted by Gasteiger charge is 2.25. The summed E-state index contributed by atoms with van der Waals surface area (Å²) >= 11 is 1.26. The SMILES string of the molecule is [B]C(C)(O)Sc1cccc([C@@H](C)[C@@H](CCC)NC(=O)[C@@H](C)CCC)c1C. The fourth-order valence-electron chi connectivity index (χ4n) is 3.32. The largest absolute Gasteiger partial charge is 0.389 e. The third-order valence-corrected chi connectivity index (χ3v) is 5.91. The van der Waals surface area contributed by atoms with Crippen LogP contribution in [0.5, 0.6) is 0 Å². The molecule has 0 saturated carbocycles. The van der Waals surface area contributed by atoms with Crippen molar-refractivity contribution in [1.82, 2.24) is 5.32 Å². The lowest BCUT2D eigenvalue weighted by molar-refractivity contribution is -0.125. The Hall–Kier alpha value is -0.935. The fourth-order valence-corrected chi connectivity index (χ4v) is 4.18. The quantitative estimate of drug-likeness (QED) is 0.353. The zero-order valence-electron chi connectivity index (χ0n) is 17.1. The number of hydrogen-bond acceptors (Lipinski definition) is 3. The molecule has 3 nitrogen and oxygen atoms in total. The van der Waals surface area contributed by atoms with Gasteiger partial charge in [0.05, 0.1) is 4.83 Å². The van der Waals surface area contributed by atoms with Gasteiger partial charge < -0.3 is 10.4 Å². The molecule has 0 spiro atoms. The van der Waals surface area contributed by atoms with E-state index in [1.165, 1.54) is 17.3 Å². The summed E-state index contributed by atoms with van der Waals surface area (Å²) in [6.45, 7) is 12.1. The van der Waals surface area contributed by atoms with Crippen molar-refractivity contribution in [2.45, 2.75) is 88.9 Å². The minimum absolute atomic E-state index is 0.0434. The average Bonchev–Trinajstić information content (AvgIpc) is 2.54. The summed E-state index contributed by atoms with van der Waals surface area (Å²) in [4.78, 5) is 12.2. The van der Waals surface area contributed by atoms with E-state index in [0.29, 0.717) is 0 Å². The molecule has 0 saturated heterocycles. The first-order valence-electron chi connectivity index (χ1n) is 9.70. The second-order valence-corrected chi connectivity index (χ2v) is 8.98. The summed E-state index contributed by atoms with van der Waals surface area (Å²) in [5, 5.41) is 13.2. The molecule has 0 fully saturated rings. The highest BCUT2D eigenvalue weighted by Crippen LogP contribution is 2.35. The number of rotatable bonds is 10. The Labute approximate surface area is 165 Å². The summed E-state index contributed by atoms with van der Waals surface area (Å²) in [6, 6.07) is 6.19. The van der Waals surface area contributed by atoms with Crippen LogP contribution in [0.3, 0.4) is 0 Å². The molecule has 0 aromatic heterocycles. The predicted octanol–water partition coefficient (Wildman–Crippen LogP) is 4.75. The molecule has 1 rings (SSSR count). The minimum atomic E-state index is -1.31. The van der Waals surface area contributed by atoms with Gasteiger partial charge in [-0.05, 0) is 43.9 Å². The van der Waals surface area contributed by atoms with Crippen LogP contribution in [-0.4, -0.2) is 29.7 Å². The van der Waals surface area contributed by atoms with Crippen LogP contribution in [0, 0.1) is 12.8 Å². The molecule has 26 heavy (non-hydrogen) atoms.